The number of hydrogen-bond acceptors (Lipinski definition) is 3. The number of methoxy groups -OCH3 is 1. The molecule has 4 heteroatoms. The Labute approximate surface area is 82.1 Å². The maximum Gasteiger partial charge on any atom is 0.179 e. The third-order valence-electron chi connectivity index (χ3n) is 1.81. The van der Waals surface area contributed by atoms with E-state index in [1.54, 1.807) is 19.1 Å². The molecule has 0 heterocycles. The maximum absolute atomic E-state index is 9.65. The molecule has 0 aromatic heterocycles. The summed E-state index contributed by atoms with van der Waals surface area (Å²) in [5.74, 6) is 0.293. The van der Waals surface area contributed by atoms with E-state index in [2.05, 4.69) is 0 Å². The van der Waals surface area contributed by atoms with Gasteiger partial charge < -0.3 is 15.6 Å². The number of rotatable bonds is 2. The summed E-state index contributed by atoms with van der Waals surface area (Å²) in [5, 5.41) is 10.0. The quantitative estimate of drug-likeness (QED) is 0.770. The second-order valence-corrected chi connectivity index (χ2v) is 3.21. The molecule has 3 nitrogen and oxygen atoms in total. The molecule has 0 saturated carbocycles. The van der Waals surface area contributed by atoms with Crippen molar-refractivity contribution in [3.8, 4) is 11.5 Å². The predicted molar refractivity (Wildman–Crippen MR) is 52.3 cm³/mol. The van der Waals surface area contributed by atoms with Crippen LogP contribution in [0, 0.1) is 0 Å². The number of benzene rings is 1. The molecule has 0 aliphatic rings. The zero-order chi connectivity index (χ0) is 10.0. The Morgan fingerprint density at radius 3 is 2.62 bits per heavy atom. The van der Waals surface area contributed by atoms with E-state index in [0.29, 0.717) is 10.6 Å². The maximum atomic E-state index is 9.65. The Bertz CT molecular complexity index is 313. The first-order valence-electron chi connectivity index (χ1n) is 3.89. The largest absolute Gasteiger partial charge is 0.504 e. The first-order valence-corrected chi connectivity index (χ1v) is 4.26. The molecule has 72 valence electrons. The molecule has 1 unspecified atom stereocenters. The molecule has 1 aromatic rings. The Balaban J connectivity index is 3.27. The molecule has 3 N–H and O–H groups in total. The van der Waals surface area contributed by atoms with Gasteiger partial charge in [-0.15, -0.1) is 0 Å². The number of aromatic hydroxyl groups is 1. The molecule has 0 spiro atoms. The predicted octanol–water partition coefficient (Wildman–Crippen LogP) is 2.07. The topological polar surface area (TPSA) is 55.5 Å². The number of ether oxygens (including phenoxy) is 1. The summed E-state index contributed by atoms with van der Waals surface area (Å²) >= 11 is 5.78. The van der Waals surface area contributed by atoms with Crippen molar-refractivity contribution in [3.63, 3.8) is 0 Å². The zero-order valence-electron chi connectivity index (χ0n) is 7.54. The van der Waals surface area contributed by atoms with Crippen LogP contribution in [0.2, 0.25) is 5.02 Å². The van der Waals surface area contributed by atoms with Crippen LogP contribution >= 0.6 is 11.6 Å². The van der Waals surface area contributed by atoms with Gasteiger partial charge >= 0.3 is 0 Å². The van der Waals surface area contributed by atoms with Crippen LogP contribution in [-0.4, -0.2) is 12.2 Å². The van der Waals surface area contributed by atoms with Crippen molar-refractivity contribution in [1.82, 2.24) is 0 Å². The van der Waals surface area contributed by atoms with Crippen LogP contribution in [0.3, 0.4) is 0 Å². The van der Waals surface area contributed by atoms with Crippen LogP contribution in [0.1, 0.15) is 18.5 Å². The van der Waals surface area contributed by atoms with Gasteiger partial charge in [0.15, 0.2) is 11.5 Å². The van der Waals surface area contributed by atoms with Crippen LogP contribution in [-0.2, 0) is 0 Å². The minimum atomic E-state index is -0.244. The molecule has 1 rings (SSSR count). The fraction of sp³-hybridized carbons (Fsp3) is 0.333. The van der Waals surface area contributed by atoms with Gasteiger partial charge in [-0.05, 0) is 13.0 Å². The van der Waals surface area contributed by atoms with Gasteiger partial charge in [-0.3, -0.25) is 0 Å². The Morgan fingerprint density at radius 2 is 2.15 bits per heavy atom. The summed E-state index contributed by atoms with van der Waals surface area (Å²) < 4.78 is 4.93. The molecule has 1 aromatic carbocycles. The van der Waals surface area contributed by atoms with Gasteiger partial charge in [-0.1, -0.05) is 17.7 Å². The van der Waals surface area contributed by atoms with Gasteiger partial charge in [0, 0.05) is 11.6 Å². The standard InChI is InChI=1S/C9H12ClNO2/c1-5(11)6-3-4-7(10)9(13-2)8(6)12/h3-5,12H,11H2,1-2H3. The van der Waals surface area contributed by atoms with E-state index in [1.807, 2.05) is 0 Å². The third kappa shape index (κ3) is 1.87. The van der Waals surface area contributed by atoms with Crippen molar-refractivity contribution in [2.24, 2.45) is 5.73 Å². The number of phenols is 1. The Hall–Kier alpha value is -0.930. The second-order valence-electron chi connectivity index (χ2n) is 2.81. The summed E-state index contributed by atoms with van der Waals surface area (Å²) in [5.41, 5.74) is 6.26. The van der Waals surface area contributed by atoms with Gasteiger partial charge in [-0.25, -0.2) is 0 Å². The van der Waals surface area contributed by atoms with E-state index >= 15 is 0 Å². The monoisotopic (exact) mass is 201 g/mol. The Kier molecular flexibility index (Phi) is 3.01. The molecule has 0 fully saturated rings. The fourth-order valence-electron chi connectivity index (χ4n) is 1.12. The molecule has 0 aliphatic heterocycles. The summed E-state index contributed by atoms with van der Waals surface area (Å²) in [7, 11) is 1.45. The minimum absolute atomic E-state index is 0.0185. The summed E-state index contributed by atoms with van der Waals surface area (Å²) in [4.78, 5) is 0. The van der Waals surface area contributed by atoms with Gasteiger partial charge in [0.05, 0.1) is 12.1 Å². The molecule has 0 saturated heterocycles. The van der Waals surface area contributed by atoms with Crippen LogP contribution in [0.5, 0.6) is 11.5 Å². The van der Waals surface area contributed by atoms with Crippen LogP contribution < -0.4 is 10.5 Å². The second kappa shape index (κ2) is 3.85. The molecule has 0 radical (unpaired) electrons. The first kappa shape index (κ1) is 10.2. The van der Waals surface area contributed by atoms with Crippen LogP contribution in [0.15, 0.2) is 12.1 Å². The summed E-state index contributed by atoms with van der Waals surface area (Å²) in [6, 6.07) is 3.09. The van der Waals surface area contributed by atoms with Crippen molar-refractivity contribution in [3.05, 3.63) is 22.7 Å². The lowest BCUT2D eigenvalue weighted by Gasteiger charge is -2.12. The van der Waals surface area contributed by atoms with Crippen molar-refractivity contribution in [2.75, 3.05) is 7.11 Å². The molecule has 0 amide bonds. The van der Waals surface area contributed by atoms with Gasteiger partial charge in [0.2, 0.25) is 0 Å². The van der Waals surface area contributed by atoms with E-state index in [4.69, 9.17) is 22.1 Å². The van der Waals surface area contributed by atoms with Gasteiger partial charge in [0.1, 0.15) is 0 Å². The molecule has 0 bridgehead atoms. The number of halogens is 1. The normalized spacial score (nSPS) is 12.6. The summed E-state index contributed by atoms with van der Waals surface area (Å²) in [6.07, 6.45) is 0. The number of nitrogens with two attached hydrogens (primary N) is 1. The lowest BCUT2D eigenvalue weighted by molar-refractivity contribution is 0.369. The van der Waals surface area contributed by atoms with E-state index in [0.717, 1.165) is 0 Å². The highest BCUT2D eigenvalue weighted by Gasteiger charge is 2.13. The molecule has 13 heavy (non-hydrogen) atoms. The first-order chi connectivity index (χ1) is 6.07. The molecular weight excluding hydrogens is 190 g/mol. The van der Waals surface area contributed by atoms with E-state index in [9.17, 15) is 5.11 Å². The van der Waals surface area contributed by atoms with E-state index in [1.165, 1.54) is 7.11 Å². The van der Waals surface area contributed by atoms with Crippen LogP contribution in [0.25, 0.3) is 0 Å². The highest BCUT2D eigenvalue weighted by atomic mass is 35.5. The van der Waals surface area contributed by atoms with Crippen molar-refractivity contribution >= 4 is 11.6 Å². The van der Waals surface area contributed by atoms with Crippen molar-refractivity contribution < 1.29 is 9.84 Å². The SMILES string of the molecule is COc1c(Cl)ccc(C(C)N)c1O. The molecule has 0 aliphatic carbocycles. The molecular formula is C9H12ClNO2. The number of hydrogen-bond donors (Lipinski definition) is 2. The smallest absolute Gasteiger partial charge is 0.179 e. The minimum Gasteiger partial charge on any atom is -0.504 e. The highest BCUT2D eigenvalue weighted by molar-refractivity contribution is 6.32. The fourth-order valence-corrected chi connectivity index (χ4v) is 1.35. The zero-order valence-corrected chi connectivity index (χ0v) is 8.30. The summed E-state index contributed by atoms with van der Waals surface area (Å²) in [6.45, 7) is 1.78. The Morgan fingerprint density at radius 1 is 1.54 bits per heavy atom. The van der Waals surface area contributed by atoms with Crippen molar-refractivity contribution in [2.45, 2.75) is 13.0 Å². The lowest BCUT2D eigenvalue weighted by Crippen LogP contribution is -2.05. The number of phenolic OH excluding ortho intramolecular Hbond substituents is 1. The van der Waals surface area contributed by atoms with Gasteiger partial charge in [0.25, 0.3) is 0 Å². The van der Waals surface area contributed by atoms with Crippen LogP contribution in [0.4, 0.5) is 0 Å². The van der Waals surface area contributed by atoms with E-state index < -0.39 is 0 Å². The van der Waals surface area contributed by atoms with Crippen molar-refractivity contribution in [1.29, 1.82) is 0 Å². The van der Waals surface area contributed by atoms with Gasteiger partial charge in [-0.2, -0.15) is 0 Å². The van der Waals surface area contributed by atoms with E-state index in [-0.39, 0.29) is 17.5 Å². The lowest BCUT2D eigenvalue weighted by atomic mass is 10.1. The highest BCUT2D eigenvalue weighted by Crippen LogP contribution is 2.38. The average molecular weight is 202 g/mol. The molecule has 1 atom stereocenters. The third-order valence-corrected chi connectivity index (χ3v) is 2.11. The average Bonchev–Trinajstić information content (AvgIpc) is 2.04.